The van der Waals surface area contributed by atoms with E-state index in [2.05, 4.69) is 15.5 Å². The van der Waals surface area contributed by atoms with Crippen LogP contribution >= 0.6 is 0 Å². The molecule has 5 heteroatoms. The van der Waals surface area contributed by atoms with Crippen LogP contribution in [0.1, 0.15) is 36.9 Å². The van der Waals surface area contributed by atoms with Crippen molar-refractivity contribution in [3.63, 3.8) is 0 Å². The molecular formula is C12H19N3O2. The SMILES string of the molecule is C1CC(c2noc(CC3CCOC3)n2)CCN1. The van der Waals surface area contributed by atoms with Crippen molar-refractivity contribution in [1.82, 2.24) is 15.5 Å². The van der Waals surface area contributed by atoms with Crippen LogP contribution in [-0.2, 0) is 11.2 Å². The van der Waals surface area contributed by atoms with Crippen molar-refractivity contribution in [3.05, 3.63) is 11.7 Å². The second-order valence-electron chi connectivity index (χ2n) is 5.00. The lowest BCUT2D eigenvalue weighted by Crippen LogP contribution is -2.27. The summed E-state index contributed by atoms with van der Waals surface area (Å²) in [5.41, 5.74) is 0. The Kier molecular flexibility index (Phi) is 3.38. The van der Waals surface area contributed by atoms with Crippen molar-refractivity contribution in [1.29, 1.82) is 0 Å². The summed E-state index contributed by atoms with van der Waals surface area (Å²) in [6.45, 7) is 3.83. The maximum atomic E-state index is 5.35. The molecule has 0 bridgehead atoms. The van der Waals surface area contributed by atoms with Crippen LogP contribution in [0, 0.1) is 5.92 Å². The van der Waals surface area contributed by atoms with Gasteiger partial charge in [-0.05, 0) is 38.3 Å². The van der Waals surface area contributed by atoms with Crippen LogP contribution in [0.3, 0.4) is 0 Å². The average Bonchev–Trinajstić information content (AvgIpc) is 3.02. The first-order chi connectivity index (χ1) is 8.42. The first-order valence-corrected chi connectivity index (χ1v) is 6.53. The second-order valence-corrected chi connectivity index (χ2v) is 5.00. The number of aromatic nitrogens is 2. The number of ether oxygens (including phenoxy) is 1. The third-order valence-electron chi connectivity index (χ3n) is 3.68. The predicted octanol–water partition coefficient (Wildman–Crippen LogP) is 1.12. The first-order valence-electron chi connectivity index (χ1n) is 6.53. The molecule has 0 aromatic carbocycles. The highest BCUT2D eigenvalue weighted by atomic mass is 16.5. The fourth-order valence-corrected chi connectivity index (χ4v) is 2.59. The fourth-order valence-electron chi connectivity index (χ4n) is 2.59. The molecule has 0 amide bonds. The van der Waals surface area contributed by atoms with Gasteiger partial charge in [0.2, 0.25) is 5.89 Å². The fraction of sp³-hybridized carbons (Fsp3) is 0.833. The van der Waals surface area contributed by atoms with Crippen LogP contribution in [0.5, 0.6) is 0 Å². The zero-order valence-electron chi connectivity index (χ0n) is 10.0. The van der Waals surface area contributed by atoms with E-state index in [-0.39, 0.29) is 0 Å². The van der Waals surface area contributed by atoms with Gasteiger partial charge in [0.05, 0.1) is 0 Å². The zero-order valence-corrected chi connectivity index (χ0v) is 10.0. The standard InChI is InChI=1S/C12H19N3O2/c1-4-13-5-2-10(1)12-14-11(17-15-12)7-9-3-6-16-8-9/h9-10,13H,1-8H2. The van der Waals surface area contributed by atoms with Crippen LogP contribution < -0.4 is 5.32 Å². The van der Waals surface area contributed by atoms with E-state index in [1.54, 1.807) is 0 Å². The van der Waals surface area contributed by atoms with Crippen molar-refractivity contribution in [2.24, 2.45) is 5.92 Å². The van der Waals surface area contributed by atoms with Gasteiger partial charge in [0.25, 0.3) is 0 Å². The minimum Gasteiger partial charge on any atom is -0.381 e. The molecule has 0 saturated carbocycles. The smallest absolute Gasteiger partial charge is 0.227 e. The molecule has 2 fully saturated rings. The molecule has 5 nitrogen and oxygen atoms in total. The summed E-state index contributed by atoms with van der Waals surface area (Å²) in [6, 6.07) is 0. The molecular weight excluding hydrogens is 218 g/mol. The van der Waals surface area contributed by atoms with E-state index in [9.17, 15) is 0 Å². The molecule has 1 atom stereocenters. The van der Waals surface area contributed by atoms with E-state index in [1.807, 2.05) is 0 Å². The van der Waals surface area contributed by atoms with Crippen LogP contribution in [0.2, 0.25) is 0 Å². The van der Waals surface area contributed by atoms with E-state index < -0.39 is 0 Å². The zero-order chi connectivity index (χ0) is 11.5. The summed E-state index contributed by atoms with van der Waals surface area (Å²) in [5.74, 6) is 2.74. The highest BCUT2D eigenvalue weighted by Gasteiger charge is 2.23. The summed E-state index contributed by atoms with van der Waals surface area (Å²) in [7, 11) is 0. The minimum absolute atomic E-state index is 0.480. The van der Waals surface area contributed by atoms with E-state index in [4.69, 9.17) is 9.26 Å². The van der Waals surface area contributed by atoms with Crippen LogP contribution in [0.15, 0.2) is 4.52 Å². The highest BCUT2D eigenvalue weighted by Crippen LogP contribution is 2.24. The Morgan fingerprint density at radius 3 is 2.88 bits per heavy atom. The van der Waals surface area contributed by atoms with Gasteiger partial charge in [0.15, 0.2) is 5.82 Å². The summed E-state index contributed by atoms with van der Waals surface area (Å²) < 4.78 is 10.7. The van der Waals surface area contributed by atoms with Crippen LogP contribution in [0.4, 0.5) is 0 Å². The number of hydrogen-bond acceptors (Lipinski definition) is 5. The van der Waals surface area contributed by atoms with E-state index in [0.29, 0.717) is 11.8 Å². The lowest BCUT2D eigenvalue weighted by molar-refractivity contribution is 0.183. The van der Waals surface area contributed by atoms with E-state index in [0.717, 1.165) is 63.7 Å². The third-order valence-corrected chi connectivity index (χ3v) is 3.68. The Hall–Kier alpha value is -0.940. The molecule has 2 saturated heterocycles. The molecule has 1 aromatic rings. The normalized spacial score (nSPS) is 26.5. The molecule has 2 aliphatic heterocycles. The van der Waals surface area contributed by atoms with Gasteiger partial charge in [-0.1, -0.05) is 5.16 Å². The highest BCUT2D eigenvalue weighted by molar-refractivity contribution is 4.98. The molecule has 1 aromatic heterocycles. The molecule has 0 radical (unpaired) electrons. The van der Waals surface area contributed by atoms with Crippen LogP contribution in [-0.4, -0.2) is 36.4 Å². The number of nitrogens with zero attached hydrogens (tertiary/aromatic N) is 2. The molecule has 3 rings (SSSR count). The Morgan fingerprint density at radius 2 is 2.12 bits per heavy atom. The van der Waals surface area contributed by atoms with E-state index >= 15 is 0 Å². The Bertz CT molecular complexity index is 354. The minimum atomic E-state index is 0.480. The number of nitrogens with one attached hydrogen (secondary N) is 1. The maximum Gasteiger partial charge on any atom is 0.227 e. The van der Waals surface area contributed by atoms with Gasteiger partial charge in [-0.25, -0.2) is 0 Å². The van der Waals surface area contributed by atoms with Crippen molar-refractivity contribution < 1.29 is 9.26 Å². The summed E-state index contributed by atoms with van der Waals surface area (Å²) >= 11 is 0. The average molecular weight is 237 g/mol. The predicted molar refractivity (Wildman–Crippen MR) is 61.8 cm³/mol. The quantitative estimate of drug-likeness (QED) is 0.853. The van der Waals surface area contributed by atoms with Crippen molar-refractivity contribution >= 4 is 0 Å². The molecule has 0 spiro atoms. The molecule has 94 valence electrons. The second kappa shape index (κ2) is 5.14. The Balaban J connectivity index is 1.60. The topological polar surface area (TPSA) is 60.2 Å². The van der Waals surface area contributed by atoms with Gasteiger partial charge in [-0.2, -0.15) is 4.98 Å². The van der Waals surface area contributed by atoms with Crippen molar-refractivity contribution in [2.45, 2.75) is 31.6 Å². The summed E-state index contributed by atoms with van der Waals surface area (Å²) in [6.07, 6.45) is 4.22. The largest absolute Gasteiger partial charge is 0.381 e. The van der Waals surface area contributed by atoms with Gasteiger partial charge in [0, 0.05) is 25.6 Å². The van der Waals surface area contributed by atoms with Gasteiger partial charge in [0.1, 0.15) is 0 Å². The van der Waals surface area contributed by atoms with Gasteiger partial charge in [-0.15, -0.1) is 0 Å². The maximum absolute atomic E-state index is 5.35. The van der Waals surface area contributed by atoms with E-state index in [1.165, 1.54) is 0 Å². The first kappa shape index (κ1) is 11.2. The summed E-state index contributed by atoms with van der Waals surface area (Å²) in [4.78, 5) is 4.54. The third kappa shape index (κ3) is 2.66. The molecule has 1 unspecified atom stereocenters. The van der Waals surface area contributed by atoms with Crippen LogP contribution in [0.25, 0.3) is 0 Å². The molecule has 1 N–H and O–H groups in total. The number of hydrogen-bond donors (Lipinski definition) is 1. The molecule has 17 heavy (non-hydrogen) atoms. The lowest BCUT2D eigenvalue weighted by Gasteiger charge is -2.18. The monoisotopic (exact) mass is 237 g/mol. The Morgan fingerprint density at radius 1 is 1.24 bits per heavy atom. The lowest BCUT2D eigenvalue weighted by atomic mass is 9.97. The van der Waals surface area contributed by atoms with Gasteiger partial charge in [-0.3, -0.25) is 0 Å². The Labute approximate surface area is 101 Å². The van der Waals surface area contributed by atoms with Gasteiger partial charge >= 0.3 is 0 Å². The molecule has 3 heterocycles. The number of piperidine rings is 1. The number of rotatable bonds is 3. The summed E-state index contributed by atoms with van der Waals surface area (Å²) in [5, 5.41) is 7.47. The molecule has 2 aliphatic rings. The van der Waals surface area contributed by atoms with Crippen molar-refractivity contribution in [3.8, 4) is 0 Å². The molecule has 0 aliphatic carbocycles. The van der Waals surface area contributed by atoms with Crippen molar-refractivity contribution in [2.75, 3.05) is 26.3 Å². The van der Waals surface area contributed by atoms with Gasteiger partial charge < -0.3 is 14.6 Å².